The van der Waals surface area contributed by atoms with Crippen LogP contribution in [-0.2, 0) is 20.8 Å². The van der Waals surface area contributed by atoms with Gasteiger partial charge in [-0.05, 0) is 17.7 Å². The van der Waals surface area contributed by atoms with Gasteiger partial charge in [0.1, 0.15) is 18.4 Å². The highest BCUT2D eigenvalue weighted by atomic mass is 16.5. The molecule has 1 aromatic carbocycles. The highest BCUT2D eigenvalue weighted by molar-refractivity contribution is 5.81. The smallest absolute Gasteiger partial charge is 0.239 e. The molecule has 1 fully saturated rings. The maximum Gasteiger partial charge on any atom is 0.239 e. The molecule has 116 valence electrons. The number of carbonyl (C=O) groups excluding carboxylic acids is 1. The molecule has 0 aromatic heterocycles. The van der Waals surface area contributed by atoms with Crippen LogP contribution in [0.2, 0.25) is 0 Å². The van der Waals surface area contributed by atoms with Gasteiger partial charge in [-0.25, -0.2) is 0 Å². The minimum absolute atomic E-state index is 0.0323. The first-order valence-corrected chi connectivity index (χ1v) is 7.09. The van der Waals surface area contributed by atoms with E-state index in [2.05, 4.69) is 10.6 Å². The normalized spacial score (nSPS) is 18.2. The Morgan fingerprint density at radius 1 is 1.38 bits per heavy atom. The summed E-state index contributed by atoms with van der Waals surface area (Å²) < 4.78 is 15.7. The second-order valence-corrected chi connectivity index (χ2v) is 4.78. The van der Waals surface area contributed by atoms with Crippen LogP contribution >= 0.6 is 0 Å². The standard InChI is InChI=1S/C15H22N2O4/c1-19-8-9-21-13-4-2-12(3-5-13)10-17-15(18)14-11-20-7-6-16-14/h2-5,14,16H,6-11H2,1H3,(H,17,18). The Morgan fingerprint density at radius 2 is 2.19 bits per heavy atom. The van der Waals surface area contributed by atoms with Gasteiger partial charge in [-0.1, -0.05) is 12.1 Å². The highest BCUT2D eigenvalue weighted by Crippen LogP contribution is 2.12. The molecule has 1 aromatic rings. The van der Waals surface area contributed by atoms with Crippen LogP contribution in [0.15, 0.2) is 24.3 Å². The molecule has 6 nitrogen and oxygen atoms in total. The summed E-state index contributed by atoms with van der Waals surface area (Å²) in [7, 11) is 1.64. The van der Waals surface area contributed by atoms with Crippen molar-refractivity contribution in [2.75, 3.05) is 40.1 Å². The fourth-order valence-corrected chi connectivity index (χ4v) is 1.99. The average Bonchev–Trinajstić information content (AvgIpc) is 2.55. The van der Waals surface area contributed by atoms with Gasteiger partial charge >= 0.3 is 0 Å². The average molecular weight is 294 g/mol. The minimum atomic E-state index is -0.254. The second kappa shape index (κ2) is 8.61. The Morgan fingerprint density at radius 3 is 2.86 bits per heavy atom. The molecule has 0 bridgehead atoms. The summed E-state index contributed by atoms with van der Waals surface area (Å²) in [5.41, 5.74) is 1.03. The summed E-state index contributed by atoms with van der Waals surface area (Å²) in [5.74, 6) is 0.764. The fraction of sp³-hybridized carbons (Fsp3) is 0.533. The third-order valence-electron chi connectivity index (χ3n) is 3.18. The van der Waals surface area contributed by atoms with E-state index in [1.165, 1.54) is 0 Å². The lowest BCUT2D eigenvalue weighted by Crippen LogP contribution is -2.51. The van der Waals surface area contributed by atoms with E-state index < -0.39 is 0 Å². The van der Waals surface area contributed by atoms with Crippen molar-refractivity contribution in [2.24, 2.45) is 0 Å². The molecule has 0 saturated carbocycles. The van der Waals surface area contributed by atoms with Gasteiger partial charge in [-0.3, -0.25) is 4.79 Å². The number of carbonyl (C=O) groups is 1. The van der Waals surface area contributed by atoms with Crippen LogP contribution in [0, 0.1) is 0 Å². The Kier molecular flexibility index (Phi) is 6.46. The van der Waals surface area contributed by atoms with E-state index in [1.807, 2.05) is 24.3 Å². The number of hydrogen-bond acceptors (Lipinski definition) is 5. The maximum absolute atomic E-state index is 11.9. The lowest BCUT2D eigenvalue weighted by Gasteiger charge is -2.22. The monoisotopic (exact) mass is 294 g/mol. The van der Waals surface area contributed by atoms with Crippen LogP contribution in [0.25, 0.3) is 0 Å². The van der Waals surface area contributed by atoms with Crippen molar-refractivity contribution in [2.45, 2.75) is 12.6 Å². The lowest BCUT2D eigenvalue weighted by molar-refractivity contribution is -0.126. The molecular formula is C15H22N2O4. The molecule has 0 spiro atoms. The molecule has 2 N–H and O–H groups in total. The summed E-state index contributed by atoms with van der Waals surface area (Å²) in [5, 5.41) is 6.02. The largest absolute Gasteiger partial charge is 0.491 e. The first-order chi connectivity index (χ1) is 10.3. The lowest BCUT2D eigenvalue weighted by atomic mass is 10.2. The zero-order chi connectivity index (χ0) is 14.9. The molecule has 1 heterocycles. The minimum Gasteiger partial charge on any atom is -0.491 e. The summed E-state index contributed by atoms with van der Waals surface area (Å²) >= 11 is 0. The molecule has 6 heteroatoms. The number of amides is 1. The highest BCUT2D eigenvalue weighted by Gasteiger charge is 2.20. The van der Waals surface area contributed by atoms with Gasteiger partial charge in [0.05, 0.1) is 19.8 Å². The first-order valence-electron chi connectivity index (χ1n) is 7.09. The zero-order valence-electron chi connectivity index (χ0n) is 12.3. The van der Waals surface area contributed by atoms with Crippen LogP contribution in [0.3, 0.4) is 0 Å². The quantitative estimate of drug-likeness (QED) is 0.709. The topological polar surface area (TPSA) is 68.8 Å². The Balaban J connectivity index is 1.73. The molecule has 2 rings (SSSR count). The number of benzene rings is 1. The van der Waals surface area contributed by atoms with Crippen LogP contribution in [0.4, 0.5) is 0 Å². The SMILES string of the molecule is COCCOc1ccc(CNC(=O)C2COCCN2)cc1. The van der Waals surface area contributed by atoms with Crippen molar-refractivity contribution in [1.29, 1.82) is 0 Å². The predicted octanol–water partition coefficient (Wildman–Crippen LogP) is 0.316. The maximum atomic E-state index is 11.9. The molecule has 1 aliphatic heterocycles. The van der Waals surface area contributed by atoms with Crippen LogP contribution < -0.4 is 15.4 Å². The number of morpholine rings is 1. The molecule has 1 unspecified atom stereocenters. The summed E-state index contributed by atoms with van der Waals surface area (Å²) in [4.78, 5) is 11.9. The summed E-state index contributed by atoms with van der Waals surface area (Å²) in [6.07, 6.45) is 0. The molecule has 1 aliphatic rings. The van der Waals surface area contributed by atoms with Crippen molar-refractivity contribution in [1.82, 2.24) is 10.6 Å². The molecule has 1 saturated heterocycles. The molecule has 0 radical (unpaired) electrons. The van der Waals surface area contributed by atoms with E-state index in [1.54, 1.807) is 7.11 Å². The van der Waals surface area contributed by atoms with E-state index in [9.17, 15) is 4.79 Å². The fourth-order valence-electron chi connectivity index (χ4n) is 1.99. The van der Waals surface area contributed by atoms with Crippen LogP contribution in [0.5, 0.6) is 5.75 Å². The predicted molar refractivity (Wildman–Crippen MR) is 78.3 cm³/mol. The second-order valence-electron chi connectivity index (χ2n) is 4.78. The summed E-state index contributed by atoms with van der Waals surface area (Å²) in [6, 6.07) is 7.40. The van der Waals surface area contributed by atoms with Gasteiger partial charge in [0.15, 0.2) is 0 Å². The number of methoxy groups -OCH3 is 1. The Bertz CT molecular complexity index is 430. The van der Waals surface area contributed by atoms with Gasteiger partial charge in [-0.2, -0.15) is 0 Å². The van der Waals surface area contributed by atoms with Gasteiger partial charge in [-0.15, -0.1) is 0 Å². The van der Waals surface area contributed by atoms with Crippen molar-refractivity contribution < 1.29 is 19.0 Å². The Hall–Kier alpha value is -1.63. The molecule has 0 aliphatic carbocycles. The van der Waals surface area contributed by atoms with Gasteiger partial charge in [0.25, 0.3) is 0 Å². The first kappa shape index (κ1) is 15.8. The number of nitrogens with one attached hydrogen (secondary N) is 2. The van der Waals surface area contributed by atoms with Gasteiger partial charge in [0, 0.05) is 20.2 Å². The van der Waals surface area contributed by atoms with Gasteiger partial charge < -0.3 is 24.8 Å². The number of hydrogen-bond donors (Lipinski definition) is 2. The van der Waals surface area contributed by atoms with E-state index in [4.69, 9.17) is 14.2 Å². The van der Waals surface area contributed by atoms with E-state index >= 15 is 0 Å². The summed E-state index contributed by atoms with van der Waals surface area (Å²) in [6.45, 7) is 3.39. The third kappa shape index (κ3) is 5.34. The third-order valence-corrected chi connectivity index (χ3v) is 3.18. The Labute approximate surface area is 124 Å². The number of rotatable bonds is 7. The molecule has 1 atom stereocenters. The van der Waals surface area contributed by atoms with E-state index in [0.29, 0.717) is 39.5 Å². The van der Waals surface area contributed by atoms with Crippen molar-refractivity contribution >= 4 is 5.91 Å². The van der Waals surface area contributed by atoms with Crippen molar-refractivity contribution in [3.8, 4) is 5.75 Å². The van der Waals surface area contributed by atoms with Crippen molar-refractivity contribution in [3.05, 3.63) is 29.8 Å². The zero-order valence-corrected chi connectivity index (χ0v) is 12.3. The van der Waals surface area contributed by atoms with E-state index in [-0.39, 0.29) is 11.9 Å². The van der Waals surface area contributed by atoms with Gasteiger partial charge in [0.2, 0.25) is 5.91 Å². The van der Waals surface area contributed by atoms with Crippen LogP contribution in [0.1, 0.15) is 5.56 Å². The van der Waals surface area contributed by atoms with Crippen molar-refractivity contribution in [3.63, 3.8) is 0 Å². The number of ether oxygens (including phenoxy) is 3. The van der Waals surface area contributed by atoms with E-state index in [0.717, 1.165) is 11.3 Å². The molecule has 21 heavy (non-hydrogen) atoms. The van der Waals surface area contributed by atoms with Crippen LogP contribution in [-0.4, -0.2) is 52.0 Å². The molecule has 1 amide bonds. The molecular weight excluding hydrogens is 272 g/mol.